The van der Waals surface area contributed by atoms with Gasteiger partial charge < -0.3 is 9.64 Å². The summed E-state index contributed by atoms with van der Waals surface area (Å²) < 4.78 is 6.73. The molecule has 2 aromatic carbocycles. The van der Waals surface area contributed by atoms with Crippen LogP contribution >= 0.6 is 22.9 Å². The summed E-state index contributed by atoms with van der Waals surface area (Å²) in [6, 6.07) is 13.2. The lowest BCUT2D eigenvalue weighted by molar-refractivity contribution is -0.134. The van der Waals surface area contributed by atoms with Crippen molar-refractivity contribution in [2.24, 2.45) is 0 Å². The zero-order valence-electron chi connectivity index (χ0n) is 14.3. The molecule has 0 saturated carbocycles. The Kier molecular flexibility index (Phi) is 5.25. The molecule has 1 amide bonds. The van der Waals surface area contributed by atoms with E-state index in [0.717, 1.165) is 20.8 Å². The Morgan fingerprint density at radius 1 is 1.32 bits per heavy atom. The van der Waals surface area contributed by atoms with Crippen LogP contribution < -0.4 is 4.74 Å². The zero-order valence-corrected chi connectivity index (χ0v) is 15.9. The molecule has 1 atom stereocenters. The number of hydrogen-bond acceptors (Lipinski definition) is 4. The number of rotatable bonds is 5. The van der Waals surface area contributed by atoms with Gasteiger partial charge in [0.15, 0.2) is 6.61 Å². The third-order valence-electron chi connectivity index (χ3n) is 4.13. The highest BCUT2D eigenvalue weighted by molar-refractivity contribution is 7.18. The fourth-order valence-corrected chi connectivity index (χ4v) is 3.58. The van der Waals surface area contributed by atoms with E-state index in [4.69, 9.17) is 16.3 Å². The van der Waals surface area contributed by atoms with Crippen LogP contribution in [0.4, 0.5) is 0 Å². The number of para-hydroxylation sites is 1. The van der Waals surface area contributed by atoms with E-state index in [1.54, 1.807) is 35.4 Å². The first kappa shape index (κ1) is 17.7. The number of likely N-dealkylation sites (N-methyl/N-ethyl adjacent to an activating group) is 1. The molecule has 0 N–H and O–H groups in total. The predicted molar refractivity (Wildman–Crippen MR) is 102 cm³/mol. The highest BCUT2D eigenvalue weighted by atomic mass is 35.5. The first-order valence-corrected chi connectivity index (χ1v) is 9.15. The van der Waals surface area contributed by atoms with E-state index in [1.165, 1.54) is 0 Å². The van der Waals surface area contributed by atoms with Gasteiger partial charge in [-0.05, 0) is 49.7 Å². The van der Waals surface area contributed by atoms with Gasteiger partial charge in [-0.2, -0.15) is 0 Å². The van der Waals surface area contributed by atoms with E-state index in [2.05, 4.69) is 4.98 Å². The van der Waals surface area contributed by atoms with Crippen LogP contribution in [0.3, 0.4) is 0 Å². The number of aromatic nitrogens is 1. The maximum atomic E-state index is 12.4. The van der Waals surface area contributed by atoms with Crippen molar-refractivity contribution in [2.45, 2.75) is 19.9 Å². The number of nitrogens with zero attached hydrogens (tertiary/aromatic N) is 2. The van der Waals surface area contributed by atoms with Crippen LogP contribution in [0.25, 0.3) is 10.2 Å². The summed E-state index contributed by atoms with van der Waals surface area (Å²) in [7, 11) is 1.77. The molecule has 0 aliphatic rings. The van der Waals surface area contributed by atoms with Crippen LogP contribution in [-0.2, 0) is 4.79 Å². The van der Waals surface area contributed by atoms with Gasteiger partial charge in [-0.1, -0.05) is 23.7 Å². The van der Waals surface area contributed by atoms with Gasteiger partial charge in [0.25, 0.3) is 5.91 Å². The molecule has 0 saturated heterocycles. The Morgan fingerprint density at radius 3 is 2.80 bits per heavy atom. The standard InChI is InChI=1S/C19H19ClN2O2S/c1-12-10-14(8-9-15(12)20)24-11-18(23)22(3)13(2)19-21-16-6-4-5-7-17(16)25-19/h4-10,13H,11H2,1-3H3. The molecule has 0 radical (unpaired) electrons. The van der Waals surface area contributed by atoms with Crippen LogP contribution in [0.15, 0.2) is 42.5 Å². The highest BCUT2D eigenvalue weighted by Gasteiger charge is 2.21. The Labute approximate surface area is 156 Å². The van der Waals surface area contributed by atoms with E-state index in [0.29, 0.717) is 10.8 Å². The first-order valence-electron chi connectivity index (χ1n) is 7.96. The topological polar surface area (TPSA) is 42.4 Å². The van der Waals surface area contributed by atoms with E-state index >= 15 is 0 Å². The Balaban J connectivity index is 1.65. The fourth-order valence-electron chi connectivity index (χ4n) is 2.40. The molecule has 0 bridgehead atoms. The number of ether oxygens (including phenoxy) is 1. The molecule has 6 heteroatoms. The monoisotopic (exact) mass is 374 g/mol. The minimum atomic E-state index is -0.111. The quantitative estimate of drug-likeness (QED) is 0.640. The number of amides is 1. The fraction of sp³-hybridized carbons (Fsp3) is 0.263. The number of thiazole rings is 1. The lowest BCUT2D eigenvalue weighted by Crippen LogP contribution is -2.33. The number of carbonyl (C=O) groups excluding carboxylic acids is 1. The minimum Gasteiger partial charge on any atom is -0.484 e. The van der Waals surface area contributed by atoms with E-state index < -0.39 is 0 Å². The normalized spacial score (nSPS) is 12.2. The van der Waals surface area contributed by atoms with Crippen LogP contribution in [0.2, 0.25) is 5.02 Å². The maximum Gasteiger partial charge on any atom is 0.260 e. The van der Waals surface area contributed by atoms with Crippen molar-refractivity contribution in [1.29, 1.82) is 0 Å². The van der Waals surface area contributed by atoms with Gasteiger partial charge in [-0.3, -0.25) is 4.79 Å². The minimum absolute atomic E-state index is 0.0210. The van der Waals surface area contributed by atoms with Crippen molar-refractivity contribution in [3.05, 3.63) is 58.1 Å². The number of aryl methyl sites for hydroxylation is 1. The van der Waals surface area contributed by atoms with Crippen molar-refractivity contribution in [3.8, 4) is 5.75 Å². The van der Waals surface area contributed by atoms with Gasteiger partial charge in [0, 0.05) is 12.1 Å². The SMILES string of the molecule is Cc1cc(OCC(=O)N(C)C(C)c2nc3ccccc3s2)ccc1Cl. The van der Waals surface area contributed by atoms with Crippen molar-refractivity contribution in [2.75, 3.05) is 13.7 Å². The molecule has 25 heavy (non-hydrogen) atoms. The number of hydrogen-bond donors (Lipinski definition) is 0. The second-order valence-corrected chi connectivity index (χ2v) is 7.37. The second kappa shape index (κ2) is 7.42. The second-order valence-electron chi connectivity index (χ2n) is 5.90. The van der Waals surface area contributed by atoms with Gasteiger partial charge in [0.05, 0.1) is 16.3 Å². The summed E-state index contributed by atoms with van der Waals surface area (Å²) in [5.74, 6) is 0.538. The van der Waals surface area contributed by atoms with Gasteiger partial charge in [-0.25, -0.2) is 4.98 Å². The maximum absolute atomic E-state index is 12.4. The first-order chi connectivity index (χ1) is 12.0. The van der Waals surface area contributed by atoms with Gasteiger partial charge in [0.2, 0.25) is 0 Å². The summed E-state index contributed by atoms with van der Waals surface area (Å²) in [4.78, 5) is 18.7. The molecule has 0 aliphatic heterocycles. The molecule has 1 heterocycles. The third-order valence-corrected chi connectivity index (χ3v) is 5.76. The number of halogens is 1. The van der Waals surface area contributed by atoms with E-state index in [-0.39, 0.29) is 18.6 Å². The third kappa shape index (κ3) is 3.94. The average Bonchev–Trinajstić information content (AvgIpc) is 3.05. The van der Waals surface area contributed by atoms with Crippen LogP contribution in [0, 0.1) is 6.92 Å². The Morgan fingerprint density at radius 2 is 2.08 bits per heavy atom. The predicted octanol–water partition coefficient (Wildman–Crippen LogP) is 4.86. The lowest BCUT2D eigenvalue weighted by Gasteiger charge is -2.23. The van der Waals surface area contributed by atoms with Crippen LogP contribution in [-0.4, -0.2) is 29.4 Å². The molecule has 4 nitrogen and oxygen atoms in total. The summed E-state index contributed by atoms with van der Waals surface area (Å²) >= 11 is 7.61. The van der Waals surface area contributed by atoms with E-state index in [9.17, 15) is 4.79 Å². The van der Waals surface area contributed by atoms with E-state index in [1.807, 2.05) is 44.2 Å². The zero-order chi connectivity index (χ0) is 18.0. The average molecular weight is 375 g/mol. The van der Waals surface area contributed by atoms with Gasteiger partial charge >= 0.3 is 0 Å². The molecule has 1 unspecified atom stereocenters. The number of carbonyl (C=O) groups is 1. The molecule has 0 spiro atoms. The van der Waals surface area contributed by atoms with Crippen LogP contribution in [0.5, 0.6) is 5.75 Å². The van der Waals surface area contributed by atoms with Crippen LogP contribution in [0.1, 0.15) is 23.5 Å². The molecule has 130 valence electrons. The smallest absolute Gasteiger partial charge is 0.260 e. The number of fused-ring (bicyclic) bond motifs is 1. The summed E-state index contributed by atoms with van der Waals surface area (Å²) in [6.07, 6.45) is 0. The van der Waals surface area contributed by atoms with Crippen molar-refractivity contribution < 1.29 is 9.53 Å². The van der Waals surface area contributed by atoms with Gasteiger partial charge in [-0.15, -0.1) is 11.3 Å². The molecule has 1 aromatic heterocycles. The highest BCUT2D eigenvalue weighted by Crippen LogP contribution is 2.29. The molecule has 3 rings (SSSR count). The molecule has 3 aromatic rings. The Bertz CT molecular complexity index is 876. The summed E-state index contributed by atoms with van der Waals surface area (Å²) in [5, 5.41) is 1.60. The molecule has 0 fully saturated rings. The number of benzene rings is 2. The molecule has 0 aliphatic carbocycles. The van der Waals surface area contributed by atoms with Gasteiger partial charge in [0.1, 0.15) is 10.8 Å². The Hall–Kier alpha value is -2.11. The lowest BCUT2D eigenvalue weighted by atomic mass is 10.2. The van der Waals surface area contributed by atoms with Crippen molar-refractivity contribution in [3.63, 3.8) is 0 Å². The molecular weight excluding hydrogens is 356 g/mol. The van der Waals surface area contributed by atoms with Crippen molar-refractivity contribution in [1.82, 2.24) is 9.88 Å². The summed E-state index contributed by atoms with van der Waals surface area (Å²) in [5.41, 5.74) is 1.88. The largest absolute Gasteiger partial charge is 0.484 e. The molecular formula is C19H19ClN2O2S. The summed E-state index contributed by atoms with van der Waals surface area (Å²) in [6.45, 7) is 3.85. The van der Waals surface area contributed by atoms with Crippen molar-refractivity contribution >= 4 is 39.1 Å².